The van der Waals surface area contributed by atoms with Crippen LogP contribution in [0.3, 0.4) is 0 Å². The highest BCUT2D eigenvalue weighted by Crippen LogP contribution is 2.38. The van der Waals surface area contributed by atoms with Crippen molar-refractivity contribution >= 4 is 10.8 Å². The van der Waals surface area contributed by atoms with Crippen molar-refractivity contribution in [1.29, 1.82) is 0 Å². The quantitative estimate of drug-likeness (QED) is 0.703. The number of hydrogen-bond acceptors (Lipinski definition) is 2. The fourth-order valence-corrected chi connectivity index (χ4v) is 4.71. The van der Waals surface area contributed by atoms with E-state index < -0.39 is 0 Å². The molecule has 1 aliphatic rings. The molecular weight excluding hydrogens is 316 g/mol. The summed E-state index contributed by atoms with van der Waals surface area (Å²) in [4.78, 5) is 2.67. The summed E-state index contributed by atoms with van der Waals surface area (Å²) in [5.41, 5.74) is 8.13. The first-order valence-electron chi connectivity index (χ1n) is 10.6. The normalized spacial score (nSPS) is 19.3. The first-order valence-corrected chi connectivity index (χ1v) is 10.6. The van der Waals surface area contributed by atoms with Crippen LogP contribution in [0, 0.1) is 11.3 Å². The molecule has 0 bridgehead atoms. The van der Waals surface area contributed by atoms with Gasteiger partial charge < -0.3 is 10.6 Å². The van der Waals surface area contributed by atoms with Crippen LogP contribution in [0.2, 0.25) is 0 Å². The van der Waals surface area contributed by atoms with E-state index in [1.807, 2.05) is 0 Å². The summed E-state index contributed by atoms with van der Waals surface area (Å²) in [7, 11) is 0. The molecule has 2 N–H and O–H groups in total. The van der Waals surface area contributed by atoms with Gasteiger partial charge in [0, 0.05) is 0 Å². The van der Waals surface area contributed by atoms with Crippen LogP contribution >= 0.6 is 0 Å². The third-order valence-electron chi connectivity index (χ3n) is 6.86. The number of rotatable bonds is 8. The van der Waals surface area contributed by atoms with Gasteiger partial charge in [-0.25, -0.2) is 0 Å². The SMILES string of the molecule is CCC(C)C(CN)(CCN1CCCCC1)Cc1cccc2ccccc12. The highest BCUT2D eigenvalue weighted by Gasteiger charge is 2.35. The number of fused-ring (bicyclic) bond motifs is 1. The van der Waals surface area contributed by atoms with E-state index in [1.54, 1.807) is 0 Å². The molecule has 142 valence electrons. The van der Waals surface area contributed by atoms with E-state index in [0.717, 1.165) is 13.0 Å². The predicted molar refractivity (Wildman–Crippen MR) is 114 cm³/mol. The maximum Gasteiger partial charge on any atom is -0.00128 e. The lowest BCUT2D eigenvalue weighted by atomic mass is 9.68. The molecule has 0 aromatic heterocycles. The van der Waals surface area contributed by atoms with Gasteiger partial charge in [0.05, 0.1) is 0 Å². The predicted octanol–water partition coefficient (Wildman–Crippen LogP) is 5.25. The van der Waals surface area contributed by atoms with Gasteiger partial charge in [-0.2, -0.15) is 0 Å². The standard InChI is InChI=1S/C24H36N2/c1-3-20(2)24(19-25,14-17-26-15-7-4-8-16-26)18-22-12-9-11-21-10-5-6-13-23(21)22/h5-6,9-13,20H,3-4,7-8,14-19,25H2,1-2H3. The number of nitrogens with zero attached hydrogens (tertiary/aromatic N) is 1. The van der Waals surface area contributed by atoms with Gasteiger partial charge >= 0.3 is 0 Å². The van der Waals surface area contributed by atoms with Crippen LogP contribution in [-0.4, -0.2) is 31.1 Å². The number of nitrogens with two attached hydrogens (primary N) is 1. The highest BCUT2D eigenvalue weighted by atomic mass is 15.1. The van der Waals surface area contributed by atoms with Gasteiger partial charge in [-0.3, -0.25) is 0 Å². The Hall–Kier alpha value is -1.38. The third kappa shape index (κ3) is 4.29. The molecule has 1 fully saturated rings. The summed E-state index contributed by atoms with van der Waals surface area (Å²) in [6, 6.07) is 15.5. The Morgan fingerprint density at radius 3 is 2.50 bits per heavy atom. The average molecular weight is 353 g/mol. The molecule has 3 rings (SSSR count). The lowest BCUT2D eigenvalue weighted by Crippen LogP contribution is -2.43. The Kier molecular flexibility index (Phi) is 6.72. The fourth-order valence-electron chi connectivity index (χ4n) is 4.71. The van der Waals surface area contributed by atoms with Gasteiger partial charge in [-0.1, -0.05) is 69.2 Å². The van der Waals surface area contributed by atoms with E-state index in [4.69, 9.17) is 5.73 Å². The zero-order valence-corrected chi connectivity index (χ0v) is 16.7. The Balaban J connectivity index is 1.84. The second-order valence-corrected chi connectivity index (χ2v) is 8.34. The molecule has 2 atom stereocenters. The second-order valence-electron chi connectivity index (χ2n) is 8.34. The van der Waals surface area contributed by atoms with Crippen molar-refractivity contribution in [3.63, 3.8) is 0 Å². The van der Waals surface area contributed by atoms with E-state index in [2.05, 4.69) is 61.2 Å². The monoisotopic (exact) mass is 352 g/mol. The maximum atomic E-state index is 6.47. The number of hydrogen-bond donors (Lipinski definition) is 1. The van der Waals surface area contributed by atoms with Crippen molar-refractivity contribution in [2.45, 2.75) is 52.4 Å². The molecule has 1 heterocycles. The van der Waals surface area contributed by atoms with E-state index >= 15 is 0 Å². The van der Waals surface area contributed by atoms with Gasteiger partial charge in [0.25, 0.3) is 0 Å². The lowest BCUT2D eigenvalue weighted by Gasteiger charge is -2.41. The first kappa shape index (κ1) is 19.4. The van der Waals surface area contributed by atoms with Crippen LogP contribution < -0.4 is 5.73 Å². The summed E-state index contributed by atoms with van der Waals surface area (Å²) in [6.07, 6.45) is 7.63. The summed E-state index contributed by atoms with van der Waals surface area (Å²) < 4.78 is 0. The van der Waals surface area contributed by atoms with Crippen LogP contribution in [0.4, 0.5) is 0 Å². The number of likely N-dealkylation sites (tertiary alicyclic amines) is 1. The van der Waals surface area contributed by atoms with E-state index in [1.165, 1.54) is 68.1 Å². The summed E-state index contributed by atoms with van der Waals surface area (Å²) >= 11 is 0. The molecule has 0 radical (unpaired) electrons. The van der Waals surface area contributed by atoms with Crippen LogP contribution in [0.1, 0.15) is 51.5 Å². The van der Waals surface area contributed by atoms with Crippen molar-refractivity contribution < 1.29 is 0 Å². The van der Waals surface area contributed by atoms with E-state index in [9.17, 15) is 0 Å². The Morgan fingerprint density at radius 1 is 1.04 bits per heavy atom. The van der Waals surface area contributed by atoms with Crippen LogP contribution in [0.5, 0.6) is 0 Å². The van der Waals surface area contributed by atoms with Crippen LogP contribution in [0.25, 0.3) is 10.8 Å². The lowest BCUT2D eigenvalue weighted by molar-refractivity contribution is 0.121. The van der Waals surface area contributed by atoms with Crippen molar-refractivity contribution in [1.82, 2.24) is 4.90 Å². The topological polar surface area (TPSA) is 29.3 Å². The average Bonchev–Trinajstić information content (AvgIpc) is 2.71. The number of piperidine rings is 1. The summed E-state index contributed by atoms with van der Waals surface area (Å²) in [5, 5.41) is 2.74. The molecule has 2 heteroatoms. The molecule has 1 saturated heterocycles. The summed E-state index contributed by atoms with van der Waals surface area (Å²) in [6.45, 7) is 9.25. The van der Waals surface area contributed by atoms with Gasteiger partial charge in [0.2, 0.25) is 0 Å². The van der Waals surface area contributed by atoms with E-state index in [0.29, 0.717) is 5.92 Å². The van der Waals surface area contributed by atoms with Crippen LogP contribution in [0.15, 0.2) is 42.5 Å². The van der Waals surface area contributed by atoms with Crippen molar-refractivity contribution in [2.75, 3.05) is 26.2 Å². The molecule has 0 amide bonds. The second kappa shape index (κ2) is 9.01. The molecule has 0 aliphatic carbocycles. The number of benzene rings is 2. The molecule has 1 aliphatic heterocycles. The zero-order valence-electron chi connectivity index (χ0n) is 16.7. The Morgan fingerprint density at radius 2 is 1.77 bits per heavy atom. The molecule has 2 unspecified atom stereocenters. The molecule has 2 aromatic rings. The first-order chi connectivity index (χ1) is 12.7. The smallest absolute Gasteiger partial charge is 0.00128 e. The molecule has 2 aromatic carbocycles. The van der Waals surface area contributed by atoms with Crippen molar-refractivity contribution in [3.8, 4) is 0 Å². The molecule has 0 spiro atoms. The van der Waals surface area contributed by atoms with Gasteiger partial charge in [-0.05, 0) is 79.5 Å². The third-order valence-corrected chi connectivity index (χ3v) is 6.86. The molecule has 0 saturated carbocycles. The Bertz CT molecular complexity index is 684. The van der Waals surface area contributed by atoms with Crippen molar-refractivity contribution in [2.24, 2.45) is 17.1 Å². The summed E-state index contributed by atoms with van der Waals surface area (Å²) in [5.74, 6) is 0.635. The highest BCUT2D eigenvalue weighted by molar-refractivity contribution is 5.85. The maximum absolute atomic E-state index is 6.47. The molecular formula is C24H36N2. The van der Waals surface area contributed by atoms with Crippen molar-refractivity contribution in [3.05, 3.63) is 48.0 Å². The fraction of sp³-hybridized carbons (Fsp3) is 0.583. The van der Waals surface area contributed by atoms with Gasteiger partial charge in [0.1, 0.15) is 0 Å². The minimum atomic E-state index is 0.191. The zero-order chi connectivity index (χ0) is 18.4. The minimum Gasteiger partial charge on any atom is -0.330 e. The van der Waals surface area contributed by atoms with Crippen LogP contribution in [-0.2, 0) is 6.42 Å². The largest absolute Gasteiger partial charge is 0.330 e. The Labute approximate surface area is 159 Å². The van der Waals surface area contributed by atoms with Gasteiger partial charge in [-0.15, -0.1) is 0 Å². The molecule has 26 heavy (non-hydrogen) atoms. The molecule has 2 nitrogen and oxygen atoms in total. The van der Waals surface area contributed by atoms with E-state index in [-0.39, 0.29) is 5.41 Å². The van der Waals surface area contributed by atoms with Gasteiger partial charge in [0.15, 0.2) is 0 Å². The minimum absolute atomic E-state index is 0.191.